The number of methoxy groups -OCH3 is 3. The second-order valence-corrected chi connectivity index (χ2v) is 6.67. The molecule has 0 aromatic heterocycles. The Morgan fingerprint density at radius 3 is 1.86 bits per heavy atom. The molecule has 0 saturated heterocycles. The minimum Gasteiger partial charge on any atom is -0.496 e. The third-order valence-electron chi connectivity index (χ3n) is 2.86. The van der Waals surface area contributed by atoms with E-state index in [2.05, 4.69) is 4.72 Å². The fourth-order valence-electron chi connectivity index (χ4n) is 1.69. The highest BCUT2D eigenvalue weighted by Crippen LogP contribution is 2.37. The molecule has 22 heavy (non-hydrogen) atoms. The van der Waals surface area contributed by atoms with Crippen LogP contribution in [0, 0.1) is 0 Å². The minimum atomic E-state index is -3.88. The second kappa shape index (κ2) is 7.87. The summed E-state index contributed by atoms with van der Waals surface area (Å²) >= 11 is 0. The molecule has 0 aliphatic heterocycles. The van der Waals surface area contributed by atoms with Crippen molar-refractivity contribution >= 4 is 22.4 Å². The van der Waals surface area contributed by atoms with Gasteiger partial charge >= 0.3 is 0 Å². The Hall–Kier alpha value is -1.22. The minimum absolute atomic E-state index is 0. The number of benzene rings is 1. The molecule has 0 aliphatic rings. The van der Waals surface area contributed by atoms with Crippen LogP contribution in [0.4, 0.5) is 0 Å². The number of halogens is 1. The van der Waals surface area contributed by atoms with E-state index in [1.54, 1.807) is 13.8 Å². The Balaban J connectivity index is 0.00000441. The van der Waals surface area contributed by atoms with Gasteiger partial charge in [0.05, 0.1) is 21.3 Å². The van der Waals surface area contributed by atoms with E-state index in [1.165, 1.54) is 33.5 Å². The predicted molar refractivity (Wildman–Crippen MR) is 86.8 cm³/mol. The molecule has 0 aliphatic carbocycles. The lowest BCUT2D eigenvalue weighted by Crippen LogP contribution is -2.48. The maximum absolute atomic E-state index is 12.6. The van der Waals surface area contributed by atoms with Crippen LogP contribution in [0.15, 0.2) is 17.0 Å². The third-order valence-corrected chi connectivity index (χ3v) is 4.62. The highest BCUT2D eigenvalue weighted by Gasteiger charge is 2.31. The Bertz CT molecular complexity index is 579. The van der Waals surface area contributed by atoms with Gasteiger partial charge in [0, 0.05) is 24.2 Å². The molecule has 0 atom stereocenters. The van der Waals surface area contributed by atoms with Crippen molar-refractivity contribution in [1.29, 1.82) is 0 Å². The predicted octanol–water partition coefficient (Wildman–Crippen LogP) is 1.15. The Labute approximate surface area is 137 Å². The molecular formula is C13H23ClN2O5S. The average molecular weight is 355 g/mol. The first-order chi connectivity index (χ1) is 9.70. The number of ether oxygens (including phenoxy) is 3. The second-order valence-electron chi connectivity index (χ2n) is 5.05. The maximum atomic E-state index is 12.6. The summed E-state index contributed by atoms with van der Waals surface area (Å²) < 4.78 is 43.1. The van der Waals surface area contributed by atoms with Gasteiger partial charge in [-0.15, -0.1) is 12.4 Å². The molecule has 7 nitrogen and oxygen atoms in total. The molecule has 9 heteroatoms. The SMILES string of the molecule is COc1cc(OC)c(S(=O)(=O)NC(C)(C)CN)c(OC)c1.Cl. The van der Waals surface area contributed by atoms with Gasteiger partial charge in [-0.3, -0.25) is 0 Å². The zero-order valence-corrected chi connectivity index (χ0v) is 14.9. The van der Waals surface area contributed by atoms with Crippen LogP contribution < -0.4 is 24.7 Å². The molecule has 128 valence electrons. The lowest BCUT2D eigenvalue weighted by atomic mass is 10.1. The topological polar surface area (TPSA) is 99.9 Å². The maximum Gasteiger partial charge on any atom is 0.248 e. The molecular weight excluding hydrogens is 332 g/mol. The largest absolute Gasteiger partial charge is 0.496 e. The highest BCUT2D eigenvalue weighted by molar-refractivity contribution is 7.89. The molecule has 0 radical (unpaired) electrons. The number of nitrogens with two attached hydrogens (primary N) is 1. The lowest BCUT2D eigenvalue weighted by Gasteiger charge is -2.25. The summed E-state index contributed by atoms with van der Waals surface area (Å²) in [6.07, 6.45) is 0. The van der Waals surface area contributed by atoms with Crippen molar-refractivity contribution in [2.75, 3.05) is 27.9 Å². The number of hydrogen-bond acceptors (Lipinski definition) is 6. The van der Waals surface area contributed by atoms with E-state index in [0.717, 1.165) is 0 Å². The zero-order valence-electron chi connectivity index (χ0n) is 13.3. The highest BCUT2D eigenvalue weighted by atomic mass is 35.5. The standard InChI is InChI=1S/C13H22N2O5S.ClH/c1-13(2,8-14)15-21(16,17)12-10(19-4)6-9(18-3)7-11(12)20-5;/h6-7,15H,8,14H2,1-5H3;1H. The molecule has 0 bridgehead atoms. The summed E-state index contributed by atoms with van der Waals surface area (Å²) in [7, 11) is 0.347. The Morgan fingerprint density at radius 1 is 1.09 bits per heavy atom. The van der Waals surface area contributed by atoms with Crippen molar-refractivity contribution < 1.29 is 22.6 Å². The molecule has 3 N–H and O–H groups in total. The van der Waals surface area contributed by atoms with Crippen LogP contribution in [-0.2, 0) is 10.0 Å². The number of rotatable bonds is 7. The van der Waals surface area contributed by atoms with Gasteiger partial charge in [0.2, 0.25) is 10.0 Å². The monoisotopic (exact) mass is 354 g/mol. The van der Waals surface area contributed by atoms with Crippen molar-refractivity contribution in [3.8, 4) is 17.2 Å². The Kier molecular flexibility index (Phi) is 7.43. The van der Waals surface area contributed by atoms with Gasteiger partial charge in [-0.2, -0.15) is 0 Å². The van der Waals surface area contributed by atoms with Crippen LogP contribution >= 0.6 is 12.4 Å². The summed E-state index contributed by atoms with van der Waals surface area (Å²) in [5, 5.41) is 0. The summed E-state index contributed by atoms with van der Waals surface area (Å²) in [4.78, 5) is -0.0881. The number of sulfonamides is 1. The van der Waals surface area contributed by atoms with E-state index < -0.39 is 15.6 Å². The molecule has 1 aromatic rings. The van der Waals surface area contributed by atoms with Crippen LogP contribution in [0.1, 0.15) is 13.8 Å². The fraction of sp³-hybridized carbons (Fsp3) is 0.538. The van der Waals surface area contributed by atoms with Crippen molar-refractivity contribution in [2.24, 2.45) is 5.73 Å². The van der Waals surface area contributed by atoms with Crippen molar-refractivity contribution in [3.05, 3.63) is 12.1 Å². The zero-order chi connectivity index (χ0) is 16.3. The van der Waals surface area contributed by atoms with Crippen LogP contribution in [0.2, 0.25) is 0 Å². The van der Waals surface area contributed by atoms with E-state index in [4.69, 9.17) is 19.9 Å². The van der Waals surface area contributed by atoms with Crippen LogP contribution in [-0.4, -0.2) is 41.8 Å². The van der Waals surface area contributed by atoms with E-state index in [0.29, 0.717) is 5.75 Å². The average Bonchev–Trinajstić information content (AvgIpc) is 2.44. The van der Waals surface area contributed by atoms with Gasteiger partial charge in [-0.25, -0.2) is 13.1 Å². The van der Waals surface area contributed by atoms with Gasteiger partial charge in [0.25, 0.3) is 0 Å². The molecule has 0 unspecified atom stereocenters. The third kappa shape index (κ3) is 4.64. The summed E-state index contributed by atoms with van der Waals surface area (Å²) in [6, 6.07) is 2.96. The van der Waals surface area contributed by atoms with E-state index in [-0.39, 0.29) is 35.3 Å². The van der Waals surface area contributed by atoms with E-state index in [9.17, 15) is 8.42 Å². The lowest BCUT2D eigenvalue weighted by molar-refractivity contribution is 0.357. The van der Waals surface area contributed by atoms with Gasteiger partial charge < -0.3 is 19.9 Å². The van der Waals surface area contributed by atoms with Gasteiger partial charge in [0.1, 0.15) is 17.2 Å². The summed E-state index contributed by atoms with van der Waals surface area (Å²) in [5.74, 6) is 0.693. The first-order valence-corrected chi connectivity index (χ1v) is 7.73. The Morgan fingerprint density at radius 2 is 1.55 bits per heavy atom. The quantitative estimate of drug-likeness (QED) is 0.762. The smallest absolute Gasteiger partial charge is 0.248 e. The molecule has 0 saturated carbocycles. The summed E-state index contributed by atoms with van der Waals surface area (Å²) in [6.45, 7) is 3.52. The van der Waals surface area contributed by atoms with Crippen LogP contribution in [0.5, 0.6) is 17.2 Å². The van der Waals surface area contributed by atoms with Crippen molar-refractivity contribution in [3.63, 3.8) is 0 Å². The fourth-order valence-corrected chi connectivity index (χ4v) is 3.42. The molecule has 0 fully saturated rings. The molecule has 1 rings (SSSR count). The molecule has 1 aromatic carbocycles. The first-order valence-electron chi connectivity index (χ1n) is 6.25. The normalized spacial score (nSPS) is 11.5. The van der Waals surface area contributed by atoms with E-state index >= 15 is 0 Å². The van der Waals surface area contributed by atoms with Gasteiger partial charge in [-0.05, 0) is 13.8 Å². The van der Waals surface area contributed by atoms with Crippen molar-refractivity contribution in [2.45, 2.75) is 24.3 Å². The first kappa shape index (κ1) is 20.8. The summed E-state index contributed by atoms with van der Waals surface area (Å²) in [5.41, 5.74) is 4.77. The molecule has 0 amide bonds. The van der Waals surface area contributed by atoms with Gasteiger partial charge in [-0.1, -0.05) is 0 Å². The van der Waals surface area contributed by atoms with Crippen molar-refractivity contribution in [1.82, 2.24) is 4.72 Å². The van der Waals surface area contributed by atoms with Crippen LogP contribution in [0.25, 0.3) is 0 Å². The van der Waals surface area contributed by atoms with Crippen LogP contribution in [0.3, 0.4) is 0 Å². The van der Waals surface area contributed by atoms with E-state index in [1.807, 2.05) is 0 Å². The number of hydrogen-bond donors (Lipinski definition) is 2. The molecule has 0 heterocycles. The molecule has 0 spiro atoms. The number of nitrogens with one attached hydrogen (secondary N) is 1. The van der Waals surface area contributed by atoms with Gasteiger partial charge in [0.15, 0.2) is 4.90 Å².